The van der Waals surface area contributed by atoms with Gasteiger partial charge in [0.25, 0.3) is 0 Å². The minimum atomic E-state index is -0.435. The number of aromatic hydroxyl groups is 1. The summed E-state index contributed by atoms with van der Waals surface area (Å²) in [5.74, 6) is -0.461. The molecule has 0 spiro atoms. The molecular weight excluding hydrogens is 251 g/mol. The summed E-state index contributed by atoms with van der Waals surface area (Å²) in [5, 5.41) is 10.3. The predicted octanol–water partition coefficient (Wildman–Crippen LogP) is 1.62. The SMILES string of the molecule is CN(CC(N)=O)Cc1cc(Cl)cc(Cl)c1O. The molecule has 0 aliphatic carbocycles. The Balaban J connectivity index is 2.84. The average Bonchev–Trinajstić information content (AvgIpc) is 2.11. The first kappa shape index (κ1) is 13.1. The normalized spacial score (nSPS) is 10.8. The smallest absolute Gasteiger partial charge is 0.231 e. The molecule has 4 nitrogen and oxygen atoms in total. The van der Waals surface area contributed by atoms with E-state index in [-0.39, 0.29) is 17.3 Å². The van der Waals surface area contributed by atoms with Gasteiger partial charge in [0, 0.05) is 17.1 Å². The number of carbonyl (C=O) groups is 1. The molecule has 0 unspecified atom stereocenters. The second-order valence-corrected chi connectivity index (χ2v) is 4.38. The van der Waals surface area contributed by atoms with Gasteiger partial charge in [-0.15, -0.1) is 0 Å². The molecule has 6 heteroatoms. The first-order valence-electron chi connectivity index (χ1n) is 4.54. The number of amides is 1. The molecule has 3 N–H and O–H groups in total. The lowest BCUT2D eigenvalue weighted by Crippen LogP contribution is -2.30. The van der Waals surface area contributed by atoms with Crippen LogP contribution in [-0.4, -0.2) is 29.5 Å². The lowest BCUT2D eigenvalue weighted by molar-refractivity contribution is -0.118. The van der Waals surface area contributed by atoms with Gasteiger partial charge in [-0.3, -0.25) is 9.69 Å². The van der Waals surface area contributed by atoms with Crippen LogP contribution >= 0.6 is 23.2 Å². The maximum Gasteiger partial charge on any atom is 0.231 e. The molecule has 16 heavy (non-hydrogen) atoms. The molecule has 0 fully saturated rings. The van der Waals surface area contributed by atoms with Gasteiger partial charge >= 0.3 is 0 Å². The zero-order chi connectivity index (χ0) is 12.3. The Labute approximate surface area is 104 Å². The van der Waals surface area contributed by atoms with Gasteiger partial charge in [-0.2, -0.15) is 0 Å². The highest BCUT2D eigenvalue weighted by atomic mass is 35.5. The van der Waals surface area contributed by atoms with Crippen LogP contribution in [0, 0.1) is 0 Å². The second-order valence-electron chi connectivity index (χ2n) is 3.53. The van der Waals surface area contributed by atoms with Gasteiger partial charge in [-0.05, 0) is 19.2 Å². The predicted molar refractivity (Wildman–Crippen MR) is 63.7 cm³/mol. The van der Waals surface area contributed by atoms with Crippen LogP contribution in [0.15, 0.2) is 12.1 Å². The Morgan fingerprint density at radius 1 is 1.50 bits per heavy atom. The number of nitrogens with two attached hydrogens (primary N) is 1. The molecule has 0 aliphatic rings. The number of likely N-dealkylation sites (N-methyl/N-ethyl adjacent to an activating group) is 1. The minimum absolute atomic E-state index is 0.0256. The van der Waals surface area contributed by atoms with E-state index in [0.717, 1.165) is 0 Å². The monoisotopic (exact) mass is 262 g/mol. The summed E-state index contributed by atoms with van der Waals surface area (Å²) in [6.07, 6.45) is 0. The number of carbonyl (C=O) groups excluding carboxylic acids is 1. The zero-order valence-corrected chi connectivity index (χ0v) is 10.2. The van der Waals surface area contributed by atoms with Gasteiger partial charge in [0.05, 0.1) is 11.6 Å². The van der Waals surface area contributed by atoms with Gasteiger partial charge in [0.15, 0.2) is 0 Å². The van der Waals surface area contributed by atoms with Crippen LogP contribution in [0.25, 0.3) is 0 Å². The summed E-state index contributed by atoms with van der Waals surface area (Å²) >= 11 is 11.6. The molecule has 0 bridgehead atoms. The quantitative estimate of drug-likeness (QED) is 0.867. The highest BCUT2D eigenvalue weighted by Gasteiger charge is 2.11. The van der Waals surface area contributed by atoms with E-state index < -0.39 is 5.91 Å². The minimum Gasteiger partial charge on any atom is -0.506 e. The van der Waals surface area contributed by atoms with Crippen LogP contribution in [0.3, 0.4) is 0 Å². The fraction of sp³-hybridized carbons (Fsp3) is 0.300. The van der Waals surface area contributed by atoms with E-state index in [1.165, 1.54) is 6.07 Å². The van der Waals surface area contributed by atoms with Crippen LogP contribution < -0.4 is 5.73 Å². The number of rotatable bonds is 4. The lowest BCUT2D eigenvalue weighted by Gasteiger charge is -2.16. The molecule has 0 aliphatic heterocycles. The number of hydrogen-bond acceptors (Lipinski definition) is 3. The number of hydrogen-bond donors (Lipinski definition) is 2. The van der Waals surface area contributed by atoms with Crippen molar-refractivity contribution in [2.45, 2.75) is 6.54 Å². The summed E-state index contributed by atoms with van der Waals surface area (Å²) in [7, 11) is 1.71. The lowest BCUT2D eigenvalue weighted by atomic mass is 10.2. The zero-order valence-electron chi connectivity index (χ0n) is 8.70. The second kappa shape index (κ2) is 5.39. The number of halogens is 2. The molecular formula is C10H12Cl2N2O2. The fourth-order valence-electron chi connectivity index (χ4n) is 1.35. The number of phenols is 1. The Bertz CT molecular complexity index is 410. The van der Waals surface area contributed by atoms with Gasteiger partial charge in [0.2, 0.25) is 5.91 Å². The van der Waals surface area contributed by atoms with E-state index in [0.29, 0.717) is 17.1 Å². The number of benzene rings is 1. The largest absolute Gasteiger partial charge is 0.506 e. The van der Waals surface area contributed by atoms with Crippen molar-refractivity contribution in [2.24, 2.45) is 5.73 Å². The van der Waals surface area contributed by atoms with Gasteiger partial charge < -0.3 is 10.8 Å². The van der Waals surface area contributed by atoms with Crippen molar-refractivity contribution in [3.05, 3.63) is 27.7 Å². The number of phenolic OH excluding ortho intramolecular Hbond substituents is 1. The topological polar surface area (TPSA) is 66.6 Å². The molecule has 0 saturated carbocycles. The van der Waals surface area contributed by atoms with E-state index in [4.69, 9.17) is 28.9 Å². The third-order valence-electron chi connectivity index (χ3n) is 1.97. The molecule has 1 amide bonds. The number of primary amides is 1. The van der Waals surface area contributed by atoms with Gasteiger partial charge in [0.1, 0.15) is 5.75 Å². The molecule has 0 aromatic heterocycles. The first-order chi connectivity index (χ1) is 7.40. The first-order valence-corrected chi connectivity index (χ1v) is 5.29. The van der Waals surface area contributed by atoms with Crippen LogP contribution in [0.1, 0.15) is 5.56 Å². The van der Waals surface area contributed by atoms with Crippen molar-refractivity contribution in [1.82, 2.24) is 4.90 Å². The summed E-state index contributed by atoms with van der Waals surface area (Å²) in [4.78, 5) is 12.3. The highest BCUT2D eigenvalue weighted by molar-refractivity contribution is 6.35. The van der Waals surface area contributed by atoms with Gasteiger partial charge in [-0.1, -0.05) is 23.2 Å². The molecule has 1 aromatic carbocycles. The Hall–Kier alpha value is -0.970. The third-order valence-corrected chi connectivity index (χ3v) is 2.48. The van der Waals surface area contributed by atoms with Crippen LogP contribution in [0.2, 0.25) is 10.0 Å². The van der Waals surface area contributed by atoms with Crippen molar-refractivity contribution in [3.8, 4) is 5.75 Å². The Kier molecular flexibility index (Phi) is 4.41. The van der Waals surface area contributed by atoms with E-state index >= 15 is 0 Å². The summed E-state index contributed by atoms with van der Waals surface area (Å²) in [5.41, 5.74) is 5.61. The molecule has 0 saturated heterocycles. The Morgan fingerprint density at radius 3 is 2.69 bits per heavy atom. The molecule has 88 valence electrons. The van der Waals surface area contributed by atoms with E-state index in [1.807, 2.05) is 0 Å². The van der Waals surface area contributed by atoms with Crippen molar-refractivity contribution in [2.75, 3.05) is 13.6 Å². The molecule has 0 atom stereocenters. The van der Waals surface area contributed by atoms with Gasteiger partial charge in [-0.25, -0.2) is 0 Å². The van der Waals surface area contributed by atoms with Crippen LogP contribution in [0.4, 0.5) is 0 Å². The summed E-state index contributed by atoms with van der Waals surface area (Å²) < 4.78 is 0. The molecule has 0 heterocycles. The third kappa shape index (κ3) is 3.56. The average molecular weight is 263 g/mol. The Morgan fingerprint density at radius 2 is 2.12 bits per heavy atom. The van der Waals surface area contributed by atoms with E-state index in [2.05, 4.69) is 0 Å². The van der Waals surface area contributed by atoms with Crippen LogP contribution in [0.5, 0.6) is 5.75 Å². The number of nitrogens with zero attached hydrogens (tertiary/aromatic N) is 1. The fourth-order valence-corrected chi connectivity index (χ4v) is 1.89. The summed E-state index contributed by atoms with van der Waals surface area (Å²) in [6.45, 7) is 0.443. The van der Waals surface area contributed by atoms with Crippen molar-refractivity contribution >= 4 is 29.1 Å². The summed E-state index contributed by atoms with van der Waals surface area (Å²) in [6, 6.07) is 3.05. The van der Waals surface area contributed by atoms with Crippen LogP contribution in [-0.2, 0) is 11.3 Å². The van der Waals surface area contributed by atoms with E-state index in [9.17, 15) is 9.90 Å². The molecule has 0 radical (unpaired) electrons. The maximum absolute atomic E-state index is 10.7. The van der Waals surface area contributed by atoms with Crippen molar-refractivity contribution in [1.29, 1.82) is 0 Å². The molecule has 1 aromatic rings. The molecule has 1 rings (SSSR count). The maximum atomic E-state index is 10.7. The highest BCUT2D eigenvalue weighted by Crippen LogP contribution is 2.31. The van der Waals surface area contributed by atoms with E-state index in [1.54, 1.807) is 18.0 Å². The standard InChI is InChI=1S/C10H12Cl2N2O2/c1-14(5-9(13)15)4-6-2-7(11)3-8(12)10(6)16/h2-3,16H,4-5H2,1H3,(H2,13,15). The van der Waals surface area contributed by atoms with Crippen molar-refractivity contribution in [3.63, 3.8) is 0 Å². The van der Waals surface area contributed by atoms with Crippen molar-refractivity contribution < 1.29 is 9.90 Å².